The SMILES string of the molecule is Cl.Cl.N=C=O.N=C=O.c1ccccc1.c1ccccc1. The highest BCUT2D eigenvalue weighted by atomic mass is 35.5. The number of nitrogens with one attached hydrogen (secondary N) is 2. The van der Waals surface area contributed by atoms with Crippen molar-refractivity contribution in [1.82, 2.24) is 0 Å². The molecule has 6 heteroatoms. The van der Waals surface area contributed by atoms with Gasteiger partial charge >= 0.3 is 0 Å². The van der Waals surface area contributed by atoms with Crippen molar-refractivity contribution in [2.45, 2.75) is 0 Å². The van der Waals surface area contributed by atoms with Crippen LogP contribution in [0.5, 0.6) is 0 Å². The van der Waals surface area contributed by atoms with E-state index in [1.54, 1.807) is 0 Å². The van der Waals surface area contributed by atoms with Crippen LogP contribution < -0.4 is 0 Å². The summed E-state index contributed by atoms with van der Waals surface area (Å²) in [6, 6.07) is 24.0. The van der Waals surface area contributed by atoms with Gasteiger partial charge in [-0.2, -0.15) is 0 Å². The molecule has 2 rings (SSSR count). The summed E-state index contributed by atoms with van der Waals surface area (Å²) in [5.74, 6) is 0. The Hall–Kier alpha value is -2.22. The van der Waals surface area contributed by atoms with Crippen LogP contribution in [0.2, 0.25) is 0 Å². The zero-order valence-corrected chi connectivity index (χ0v) is 12.2. The Bertz CT molecular complexity index is 331. The molecule has 108 valence electrons. The van der Waals surface area contributed by atoms with Gasteiger partial charge in [0.25, 0.3) is 0 Å². The number of benzene rings is 2. The monoisotopic (exact) mass is 314 g/mol. The van der Waals surface area contributed by atoms with E-state index in [2.05, 4.69) is 0 Å². The molecule has 0 aliphatic heterocycles. The molecule has 0 heterocycles. The summed E-state index contributed by atoms with van der Waals surface area (Å²) in [5, 5.41) is 10.8. The minimum atomic E-state index is 0. The van der Waals surface area contributed by atoms with Crippen molar-refractivity contribution in [2.24, 2.45) is 0 Å². The maximum Gasteiger partial charge on any atom is 0.231 e. The smallest absolute Gasteiger partial charge is 0.222 e. The first-order valence-corrected chi connectivity index (χ1v) is 4.91. The fraction of sp³-hybridized carbons (Fsp3) is 0. The van der Waals surface area contributed by atoms with Gasteiger partial charge < -0.3 is 0 Å². The maximum atomic E-state index is 8.35. The number of isocyanates is 2. The van der Waals surface area contributed by atoms with Gasteiger partial charge in [0.15, 0.2) is 0 Å². The predicted molar refractivity (Wildman–Crippen MR) is 84.2 cm³/mol. The molecular formula is C14H16Cl2N2O2. The molecule has 20 heavy (non-hydrogen) atoms. The van der Waals surface area contributed by atoms with Gasteiger partial charge in [-0.1, -0.05) is 72.8 Å². The highest BCUT2D eigenvalue weighted by Gasteiger charge is 1.58. The normalized spacial score (nSPS) is 5.60. The maximum absolute atomic E-state index is 8.35. The zero-order chi connectivity index (χ0) is 13.9. The lowest BCUT2D eigenvalue weighted by Gasteiger charge is -1.69. The summed E-state index contributed by atoms with van der Waals surface area (Å²) in [7, 11) is 0. The average Bonchev–Trinajstić information content (AvgIpc) is 2.45. The molecule has 0 fully saturated rings. The molecule has 2 aromatic carbocycles. The molecule has 0 saturated carbocycles. The van der Waals surface area contributed by atoms with Gasteiger partial charge in [-0.05, 0) is 0 Å². The third-order valence-electron chi connectivity index (χ3n) is 1.33. The van der Waals surface area contributed by atoms with Crippen LogP contribution in [0.15, 0.2) is 72.8 Å². The average molecular weight is 315 g/mol. The molecule has 0 aliphatic rings. The van der Waals surface area contributed by atoms with E-state index >= 15 is 0 Å². The highest BCUT2D eigenvalue weighted by molar-refractivity contribution is 5.85. The van der Waals surface area contributed by atoms with E-state index in [1.807, 2.05) is 72.8 Å². The molecule has 0 atom stereocenters. The summed E-state index contributed by atoms with van der Waals surface area (Å²) in [6.45, 7) is 0. The summed E-state index contributed by atoms with van der Waals surface area (Å²) >= 11 is 0. The van der Waals surface area contributed by atoms with E-state index < -0.39 is 0 Å². The Morgan fingerprint density at radius 3 is 0.550 bits per heavy atom. The molecule has 0 spiro atoms. The standard InChI is InChI=1S/2C6H6.2CHNO.2ClH/c2*1-2-4-6-5-3-1;2*2-1-3;;/h2*1-6H;2*2H;2*1H. The van der Waals surface area contributed by atoms with Crippen LogP contribution in [0.25, 0.3) is 0 Å². The zero-order valence-electron chi connectivity index (χ0n) is 10.6. The lowest BCUT2D eigenvalue weighted by Crippen LogP contribution is -1.47. The Morgan fingerprint density at radius 1 is 0.450 bits per heavy atom. The lowest BCUT2D eigenvalue weighted by atomic mass is 10.4. The van der Waals surface area contributed by atoms with E-state index in [0.29, 0.717) is 0 Å². The van der Waals surface area contributed by atoms with Gasteiger partial charge in [0.1, 0.15) is 0 Å². The second-order valence-corrected chi connectivity index (χ2v) is 2.51. The second-order valence-electron chi connectivity index (χ2n) is 2.51. The fourth-order valence-electron chi connectivity index (χ4n) is 0.770. The third kappa shape index (κ3) is 36.0. The molecule has 2 N–H and O–H groups in total. The third-order valence-corrected chi connectivity index (χ3v) is 1.33. The first-order valence-electron chi connectivity index (χ1n) is 4.91. The number of rotatable bonds is 0. The van der Waals surface area contributed by atoms with Crippen molar-refractivity contribution in [2.75, 3.05) is 0 Å². The van der Waals surface area contributed by atoms with E-state index in [1.165, 1.54) is 0 Å². The van der Waals surface area contributed by atoms with Crippen LogP contribution in [0, 0.1) is 10.8 Å². The van der Waals surface area contributed by atoms with Gasteiger partial charge in [0, 0.05) is 0 Å². The van der Waals surface area contributed by atoms with Gasteiger partial charge in [-0.15, -0.1) is 24.8 Å². The van der Waals surface area contributed by atoms with E-state index in [0.717, 1.165) is 12.2 Å². The van der Waals surface area contributed by atoms with Crippen LogP contribution in [0.4, 0.5) is 0 Å². The van der Waals surface area contributed by atoms with Crippen LogP contribution in [-0.4, -0.2) is 12.2 Å². The van der Waals surface area contributed by atoms with Gasteiger partial charge in [-0.3, -0.25) is 0 Å². The van der Waals surface area contributed by atoms with Crippen LogP contribution in [0.3, 0.4) is 0 Å². The molecule has 4 nitrogen and oxygen atoms in total. The van der Waals surface area contributed by atoms with Crippen LogP contribution >= 0.6 is 24.8 Å². The van der Waals surface area contributed by atoms with Gasteiger partial charge in [0.05, 0.1) is 0 Å². The van der Waals surface area contributed by atoms with E-state index in [4.69, 9.17) is 20.4 Å². The minimum absolute atomic E-state index is 0. The number of halogens is 2. The van der Waals surface area contributed by atoms with Crippen molar-refractivity contribution < 1.29 is 9.59 Å². The van der Waals surface area contributed by atoms with Crippen molar-refractivity contribution in [3.05, 3.63) is 72.8 Å². The largest absolute Gasteiger partial charge is 0.231 e. The second kappa shape index (κ2) is 30.1. The summed E-state index contributed by atoms with van der Waals surface area (Å²) in [4.78, 5) is 16.7. The highest BCUT2D eigenvalue weighted by Crippen LogP contribution is 1.80. The van der Waals surface area contributed by atoms with Gasteiger partial charge in [-0.25, -0.2) is 20.4 Å². The lowest BCUT2D eigenvalue weighted by molar-refractivity contribution is 0.562. The minimum Gasteiger partial charge on any atom is -0.222 e. The molecule has 0 aliphatic carbocycles. The quantitative estimate of drug-likeness (QED) is 0.568. The molecule has 0 radical (unpaired) electrons. The molecule has 0 unspecified atom stereocenters. The molecule has 0 aromatic heterocycles. The van der Waals surface area contributed by atoms with Crippen molar-refractivity contribution in [1.29, 1.82) is 10.8 Å². The van der Waals surface area contributed by atoms with Crippen molar-refractivity contribution in [3.63, 3.8) is 0 Å². The Labute approximate surface area is 130 Å². The van der Waals surface area contributed by atoms with Gasteiger partial charge in [0.2, 0.25) is 12.2 Å². The fourth-order valence-corrected chi connectivity index (χ4v) is 0.770. The molecule has 0 amide bonds. The molecular weight excluding hydrogens is 299 g/mol. The first-order chi connectivity index (χ1) is 8.83. The van der Waals surface area contributed by atoms with Crippen LogP contribution in [-0.2, 0) is 9.59 Å². The van der Waals surface area contributed by atoms with Crippen molar-refractivity contribution >= 4 is 37.0 Å². The van der Waals surface area contributed by atoms with Crippen LogP contribution in [0.1, 0.15) is 0 Å². The molecule has 0 saturated heterocycles. The van der Waals surface area contributed by atoms with E-state index in [-0.39, 0.29) is 24.8 Å². The number of hydrogen-bond acceptors (Lipinski definition) is 4. The Balaban J connectivity index is -0.0000000874. The predicted octanol–water partition coefficient (Wildman–Crippen LogP) is 4.02. The first kappa shape index (κ1) is 26.4. The summed E-state index contributed by atoms with van der Waals surface area (Å²) in [6.07, 6.45) is 1.50. The number of carbonyl (C=O) groups excluding carboxylic acids is 2. The molecule has 0 bridgehead atoms. The number of hydrogen-bond donors (Lipinski definition) is 2. The Morgan fingerprint density at radius 2 is 0.500 bits per heavy atom. The Kier molecular flexibility index (Phi) is 39.7. The van der Waals surface area contributed by atoms with E-state index in [9.17, 15) is 0 Å². The summed E-state index contributed by atoms with van der Waals surface area (Å²) in [5.41, 5.74) is 0. The van der Waals surface area contributed by atoms with Crippen molar-refractivity contribution in [3.8, 4) is 0 Å². The topological polar surface area (TPSA) is 81.8 Å². The molecule has 2 aromatic rings. The summed E-state index contributed by atoms with van der Waals surface area (Å²) < 4.78 is 0.